The molecular formula is C12H16O3. The van der Waals surface area contributed by atoms with Crippen molar-refractivity contribution < 1.29 is 15.0 Å². The minimum absolute atomic E-state index is 0.0525. The Morgan fingerprint density at radius 2 is 1.87 bits per heavy atom. The molecule has 2 N–H and O–H groups in total. The summed E-state index contributed by atoms with van der Waals surface area (Å²) in [6.07, 6.45) is -0.807. The average Bonchev–Trinajstić information content (AvgIpc) is 2.16. The number of carboxylic acid groups (broad SMARTS) is 1. The van der Waals surface area contributed by atoms with Crippen LogP contribution in [-0.4, -0.2) is 16.2 Å². The molecule has 0 aliphatic heterocycles. The van der Waals surface area contributed by atoms with Gasteiger partial charge in [-0.3, -0.25) is 4.79 Å². The lowest BCUT2D eigenvalue weighted by atomic mass is 9.80. The van der Waals surface area contributed by atoms with E-state index in [9.17, 15) is 9.90 Å². The predicted octanol–water partition coefficient (Wildman–Crippen LogP) is 2.22. The molecule has 0 spiro atoms. The van der Waals surface area contributed by atoms with Gasteiger partial charge in [0.15, 0.2) is 0 Å². The van der Waals surface area contributed by atoms with Gasteiger partial charge in [-0.2, -0.15) is 0 Å². The van der Waals surface area contributed by atoms with Gasteiger partial charge in [0, 0.05) is 5.41 Å². The molecule has 0 fully saturated rings. The zero-order chi connectivity index (χ0) is 11.5. The van der Waals surface area contributed by atoms with Crippen LogP contribution in [0.3, 0.4) is 0 Å². The second kappa shape index (κ2) is 4.45. The number of benzene rings is 1. The number of aliphatic hydroxyl groups excluding tert-OH is 1. The smallest absolute Gasteiger partial charge is 0.303 e. The maximum atomic E-state index is 10.6. The highest BCUT2D eigenvalue weighted by molar-refractivity contribution is 5.67. The third-order valence-electron chi connectivity index (χ3n) is 2.46. The number of hydrogen-bond acceptors (Lipinski definition) is 2. The van der Waals surface area contributed by atoms with Crippen LogP contribution in [0.25, 0.3) is 0 Å². The van der Waals surface area contributed by atoms with Crippen LogP contribution in [0.15, 0.2) is 30.3 Å². The number of hydrogen-bond donors (Lipinski definition) is 2. The fraction of sp³-hybridized carbons (Fsp3) is 0.417. The molecule has 0 bridgehead atoms. The van der Waals surface area contributed by atoms with Crippen molar-refractivity contribution in [2.75, 3.05) is 0 Å². The van der Waals surface area contributed by atoms with Crippen molar-refractivity contribution in [2.45, 2.75) is 26.4 Å². The summed E-state index contributed by atoms with van der Waals surface area (Å²) < 4.78 is 0. The van der Waals surface area contributed by atoms with Crippen LogP contribution >= 0.6 is 0 Å². The van der Waals surface area contributed by atoms with Gasteiger partial charge in [0.2, 0.25) is 0 Å². The van der Waals surface area contributed by atoms with Crippen molar-refractivity contribution in [1.82, 2.24) is 0 Å². The van der Waals surface area contributed by atoms with E-state index in [4.69, 9.17) is 5.11 Å². The lowest BCUT2D eigenvalue weighted by Gasteiger charge is -2.29. The molecule has 0 heterocycles. The second-order valence-corrected chi connectivity index (χ2v) is 4.37. The molecule has 1 unspecified atom stereocenters. The Hall–Kier alpha value is -1.35. The first kappa shape index (κ1) is 11.7. The number of carboxylic acids is 1. The summed E-state index contributed by atoms with van der Waals surface area (Å²) in [7, 11) is 0. The van der Waals surface area contributed by atoms with Gasteiger partial charge in [-0.25, -0.2) is 0 Å². The van der Waals surface area contributed by atoms with Crippen LogP contribution < -0.4 is 0 Å². The van der Waals surface area contributed by atoms with Crippen molar-refractivity contribution in [2.24, 2.45) is 5.41 Å². The van der Waals surface area contributed by atoms with Gasteiger partial charge in [0.1, 0.15) is 0 Å². The van der Waals surface area contributed by atoms with E-state index in [0.29, 0.717) is 0 Å². The van der Waals surface area contributed by atoms with Crippen molar-refractivity contribution in [1.29, 1.82) is 0 Å². The van der Waals surface area contributed by atoms with Gasteiger partial charge in [-0.15, -0.1) is 0 Å². The molecule has 15 heavy (non-hydrogen) atoms. The van der Waals surface area contributed by atoms with Crippen LogP contribution in [0.2, 0.25) is 0 Å². The Labute approximate surface area is 89.4 Å². The van der Waals surface area contributed by atoms with E-state index in [0.717, 1.165) is 5.56 Å². The maximum absolute atomic E-state index is 10.6. The average molecular weight is 208 g/mol. The maximum Gasteiger partial charge on any atom is 0.303 e. The molecule has 1 aromatic carbocycles. The molecule has 0 amide bonds. The zero-order valence-corrected chi connectivity index (χ0v) is 8.97. The Balaban J connectivity index is 2.84. The molecule has 0 saturated heterocycles. The highest BCUT2D eigenvalue weighted by atomic mass is 16.4. The first-order valence-corrected chi connectivity index (χ1v) is 4.88. The quantitative estimate of drug-likeness (QED) is 0.797. The minimum atomic E-state index is -0.894. The summed E-state index contributed by atoms with van der Waals surface area (Å²) in [6.45, 7) is 3.50. The van der Waals surface area contributed by atoms with E-state index >= 15 is 0 Å². The predicted molar refractivity (Wildman–Crippen MR) is 57.4 cm³/mol. The van der Waals surface area contributed by atoms with Gasteiger partial charge in [0.05, 0.1) is 12.5 Å². The second-order valence-electron chi connectivity index (χ2n) is 4.37. The van der Waals surface area contributed by atoms with E-state index in [1.807, 2.05) is 18.2 Å². The van der Waals surface area contributed by atoms with Gasteiger partial charge >= 0.3 is 5.97 Å². The van der Waals surface area contributed by atoms with Crippen molar-refractivity contribution >= 4 is 5.97 Å². The first-order valence-electron chi connectivity index (χ1n) is 4.88. The van der Waals surface area contributed by atoms with Gasteiger partial charge in [-0.05, 0) is 5.56 Å². The summed E-state index contributed by atoms with van der Waals surface area (Å²) in [5.41, 5.74) is 0.0939. The molecule has 3 heteroatoms. The summed E-state index contributed by atoms with van der Waals surface area (Å²) >= 11 is 0. The molecule has 3 nitrogen and oxygen atoms in total. The minimum Gasteiger partial charge on any atom is -0.481 e. The monoisotopic (exact) mass is 208 g/mol. The summed E-state index contributed by atoms with van der Waals surface area (Å²) in [6, 6.07) is 9.12. The zero-order valence-electron chi connectivity index (χ0n) is 8.97. The molecule has 1 rings (SSSR count). The summed E-state index contributed by atoms with van der Waals surface area (Å²) in [5, 5.41) is 18.8. The van der Waals surface area contributed by atoms with Crippen molar-refractivity contribution in [3.63, 3.8) is 0 Å². The number of carbonyl (C=O) groups is 1. The normalized spacial score (nSPS) is 13.5. The third kappa shape index (κ3) is 3.06. The topological polar surface area (TPSA) is 57.5 Å². The van der Waals surface area contributed by atoms with Crippen LogP contribution in [0.5, 0.6) is 0 Å². The Morgan fingerprint density at radius 3 is 2.33 bits per heavy atom. The molecule has 82 valence electrons. The highest BCUT2D eigenvalue weighted by Crippen LogP contribution is 2.36. The molecular weight excluding hydrogens is 192 g/mol. The van der Waals surface area contributed by atoms with Crippen LogP contribution in [0.1, 0.15) is 31.9 Å². The molecule has 1 atom stereocenters. The van der Waals surface area contributed by atoms with E-state index in [1.54, 1.807) is 26.0 Å². The summed E-state index contributed by atoms with van der Waals surface area (Å²) in [5.74, 6) is -0.894. The SMILES string of the molecule is CC(C)(CC(=O)O)C(O)c1ccccc1. The van der Waals surface area contributed by atoms with Gasteiger partial charge in [0.25, 0.3) is 0 Å². The standard InChI is InChI=1S/C12H16O3/c1-12(2,8-10(13)14)11(15)9-6-4-3-5-7-9/h3-7,11,15H,8H2,1-2H3,(H,13,14). The first-order chi connectivity index (χ1) is 6.93. The van der Waals surface area contributed by atoms with E-state index in [-0.39, 0.29) is 6.42 Å². The van der Waals surface area contributed by atoms with E-state index < -0.39 is 17.5 Å². The summed E-state index contributed by atoms with van der Waals surface area (Å²) in [4.78, 5) is 10.6. The number of rotatable bonds is 4. The lowest BCUT2D eigenvalue weighted by molar-refractivity contribution is -0.141. The van der Waals surface area contributed by atoms with Crippen molar-refractivity contribution in [3.05, 3.63) is 35.9 Å². The van der Waals surface area contributed by atoms with Crippen molar-refractivity contribution in [3.8, 4) is 0 Å². The fourth-order valence-corrected chi connectivity index (χ4v) is 1.57. The fourth-order valence-electron chi connectivity index (χ4n) is 1.57. The largest absolute Gasteiger partial charge is 0.481 e. The van der Waals surface area contributed by atoms with Gasteiger partial charge in [-0.1, -0.05) is 44.2 Å². The number of aliphatic hydroxyl groups is 1. The molecule has 1 aromatic rings. The molecule has 0 aromatic heterocycles. The molecule has 0 saturated carbocycles. The van der Waals surface area contributed by atoms with Crippen LogP contribution in [0, 0.1) is 5.41 Å². The Kier molecular flexibility index (Phi) is 3.48. The molecule has 0 radical (unpaired) electrons. The van der Waals surface area contributed by atoms with E-state index in [1.165, 1.54) is 0 Å². The molecule has 0 aliphatic rings. The number of aliphatic carboxylic acids is 1. The molecule has 0 aliphatic carbocycles. The van der Waals surface area contributed by atoms with Gasteiger partial charge < -0.3 is 10.2 Å². The Bertz CT molecular complexity index is 330. The van der Waals surface area contributed by atoms with Crippen LogP contribution in [0.4, 0.5) is 0 Å². The van der Waals surface area contributed by atoms with Crippen LogP contribution in [-0.2, 0) is 4.79 Å². The Morgan fingerprint density at radius 1 is 1.33 bits per heavy atom. The third-order valence-corrected chi connectivity index (χ3v) is 2.46. The lowest BCUT2D eigenvalue weighted by Crippen LogP contribution is -2.25. The highest BCUT2D eigenvalue weighted by Gasteiger charge is 2.31. The van der Waals surface area contributed by atoms with E-state index in [2.05, 4.69) is 0 Å².